The molecule has 0 heterocycles. The van der Waals surface area contributed by atoms with E-state index in [0.717, 1.165) is 32.2 Å². The number of nitrogens with one attached hydrogen (secondary N) is 1. The zero-order chi connectivity index (χ0) is 13.0. The van der Waals surface area contributed by atoms with Crippen molar-refractivity contribution in [1.82, 2.24) is 0 Å². The highest BCUT2D eigenvalue weighted by molar-refractivity contribution is 5.94. The molecule has 3 N–H and O–H groups in total. The lowest BCUT2D eigenvalue weighted by atomic mass is 9.87. The topological polar surface area (TPSA) is 69.6 Å². The molecule has 0 bridgehead atoms. The molecule has 18 heavy (non-hydrogen) atoms. The molecular formula is C14H19NO3. The van der Waals surface area contributed by atoms with Gasteiger partial charge in [-0.2, -0.15) is 0 Å². The molecule has 1 fully saturated rings. The van der Waals surface area contributed by atoms with E-state index in [1.165, 1.54) is 0 Å². The molecular weight excluding hydrogens is 230 g/mol. The number of para-hydroxylation sites is 1. The highest BCUT2D eigenvalue weighted by atomic mass is 16.4. The second-order valence-electron chi connectivity index (χ2n) is 4.91. The van der Waals surface area contributed by atoms with Crippen molar-refractivity contribution in [3.8, 4) is 0 Å². The Balaban J connectivity index is 1.92. The van der Waals surface area contributed by atoms with Crippen LogP contribution in [0, 0.1) is 5.92 Å². The maximum absolute atomic E-state index is 11.0. The zero-order valence-electron chi connectivity index (χ0n) is 10.3. The van der Waals surface area contributed by atoms with Crippen molar-refractivity contribution in [2.24, 2.45) is 5.92 Å². The van der Waals surface area contributed by atoms with Crippen LogP contribution in [0.4, 0.5) is 5.69 Å². The Morgan fingerprint density at radius 3 is 2.56 bits per heavy atom. The Morgan fingerprint density at radius 1 is 1.22 bits per heavy atom. The fraction of sp³-hybridized carbons (Fsp3) is 0.500. The van der Waals surface area contributed by atoms with Gasteiger partial charge in [0.2, 0.25) is 0 Å². The number of aliphatic hydroxyl groups excluding tert-OH is 1. The maximum Gasteiger partial charge on any atom is 0.337 e. The molecule has 98 valence electrons. The average molecular weight is 249 g/mol. The lowest BCUT2D eigenvalue weighted by molar-refractivity contribution is 0.0698. The Hall–Kier alpha value is -1.55. The number of hydrogen-bond acceptors (Lipinski definition) is 3. The zero-order valence-corrected chi connectivity index (χ0v) is 10.3. The van der Waals surface area contributed by atoms with Gasteiger partial charge in [-0.3, -0.25) is 0 Å². The predicted molar refractivity (Wildman–Crippen MR) is 69.9 cm³/mol. The van der Waals surface area contributed by atoms with E-state index < -0.39 is 5.97 Å². The van der Waals surface area contributed by atoms with E-state index in [1.807, 2.05) is 6.07 Å². The average Bonchev–Trinajstić information content (AvgIpc) is 2.38. The number of carbonyl (C=O) groups is 1. The number of benzene rings is 1. The maximum atomic E-state index is 11.0. The molecule has 1 saturated carbocycles. The van der Waals surface area contributed by atoms with Crippen LogP contribution in [0.25, 0.3) is 0 Å². The molecule has 4 nitrogen and oxygen atoms in total. The third kappa shape index (κ3) is 3.23. The van der Waals surface area contributed by atoms with E-state index in [0.29, 0.717) is 17.2 Å². The van der Waals surface area contributed by atoms with Crippen LogP contribution in [0.5, 0.6) is 0 Å². The smallest absolute Gasteiger partial charge is 0.337 e. The molecule has 0 aromatic heterocycles. The number of aliphatic hydroxyl groups is 1. The first kappa shape index (κ1) is 12.9. The summed E-state index contributed by atoms with van der Waals surface area (Å²) in [5.74, 6) is -0.382. The van der Waals surface area contributed by atoms with Crippen molar-refractivity contribution in [1.29, 1.82) is 0 Å². The number of hydrogen-bond donors (Lipinski definition) is 3. The summed E-state index contributed by atoms with van der Waals surface area (Å²) in [6.45, 7) is 0.775. The molecule has 0 aliphatic heterocycles. The van der Waals surface area contributed by atoms with Crippen LogP contribution in [0.1, 0.15) is 36.0 Å². The number of rotatable bonds is 4. The highest BCUT2D eigenvalue weighted by Gasteiger charge is 2.19. The van der Waals surface area contributed by atoms with Crippen LogP contribution in [0.3, 0.4) is 0 Å². The molecule has 1 aliphatic rings. The SMILES string of the molecule is O=C(O)c1ccccc1NCC1CCC(O)CC1. The lowest BCUT2D eigenvalue weighted by Crippen LogP contribution is -2.24. The molecule has 1 aromatic carbocycles. The van der Waals surface area contributed by atoms with Crippen molar-refractivity contribution in [2.75, 3.05) is 11.9 Å². The summed E-state index contributed by atoms with van der Waals surface area (Å²) in [4.78, 5) is 11.0. The minimum Gasteiger partial charge on any atom is -0.478 e. The van der Waals surface area contributed by atoms with E-state index in [9.17, 15) is 9.90 Å². The van der Waals surface area contributed by atoms with Crippen molar-refractivity contribution in [2.45, 2.75) is 31.8 Å². The third-order valence-electron chi connectivity index (χ3n) is 3.55. The van der Waals surface area contributed by atoms with Crippen LogP contribution >= 0.6 is 0 Å². The van der Waals surface area contributed by atoms with Gasteiger partial charge in [0, 0.05) is 12.2 Å². The van der Waals surface area contributed by atoms with Crippen LogP contribution in [-0.4, -0.2) is 28.8 Å². The van der Waals surface area contributed by atoms with Crippen molar-refractivity contribution >= 4 is 11.7 Å². The monoisotopic (exact) mass is 249 g/mol. The van der Waals surface area contributed by atoms with Gasteiger partial charge in [-0.15, -0.1) is 0 Å². The quantitative estimate of drug-likeness (QED) is 0.766. The number of anilines is 1. The Labute approximate surface area is 107 Å². The van der Waals surface area contributed by atoms with Gasteiger partial charge in [0.05, 0.1) is 11.7 Å². The van der Waals surface area contributed by atoms with Gasteiger partial charge in [0.1, 0.15) is 0 Å². The van der Waals surface area contributed by atoms with Gasteiger partial charge < -0.3 is 15.5 Å². The number of aromatic carboxylic acids is 1. The fourth-order valence-electron chi connectivity index (χ4n) is 2.43. The van der Waals surface area contributed by atoms with Gasteiger partial charge in [0.25, 0.3) is 0 Å². The summed E-state index contributed by atoms with van der Waals surface area (Å²) in [5.41, 5.74) is 0.990. The summed E-state index contributed by atoms with van der Waals surface area (Å²) < 4.78 is 0. The van der Waals surface area contributed by atoms with Crippen LogP contribution in [0.15, 0.2) is 24.3 Å². The second-order valence-corrected chi connectivity index (χ2v) is 4.91. The molecule has 2 rings (SSSR count). The molecule has 0 unspecified atom stereocenters. The normalized spacial score (nSPS) is 23.6. The Morgan fingerprint density at radius 2 is 1.89 bits per heavy atom. The molecule has 0 atom stereocenters. The minimum atomic E-state index is -0.905. The summed E-state index contributed by atoms with van der Waals surface area (Å²) in [6.07, 6.45) is 3.57. The van der Waals surface area contributed by atoms with Crippen LogP contribution in [0.2, 0.25) is 0 Å². The first-order valence-electron chi connectivity index (χ1n) is 6.41. The third-order valence-corrected chi connectivity index (χ3v) is 3.55. The molecule has 4 heteroatoms. The van der Waals surface area contributed by atoms with Gasteiger partial charge in [0.15, 0.2) is 0 Å². The number of carboxylic acid groups (broad SMARTS) is 1. The summed E-state index contributed by atoms with van der Waals surface area (Å²) in [5, 5.41) is 21.7. The predicted octanol–water partition coefficient (Wildman–Crippen LogP) is 2.35. The van der Waals surface area contributed by atoms with Crippen molar-refractivity contribution < 1.29 is 15.0 Å². The molecule has 1 aliphatic carbocycles. The number of carboxylic acids is 1. The van der Waals surface area contributed by atoms with Crippen LogP contribution < -0.4 is 5.32 Å². The molecule has 0 saturated heterocycles. The van der Waals surface area contributed by atoms with E-state index >= 15 is 0 Å². The summed E-state index contributed by atoms with van der Waals surface area (Å²) >= 11 is 0. The van der Waals surface area contributed by atoms with Gasteiger partial charge in [-0.1, -0.05) is 12.1 Å². The van der Waals surface area contributed by atoms with E-state index in [-0.39, 0.29) is 6.10 Å². The van der Waals surface area contributed by atoms with Gasteiger partial charge in [-0.05, 0) is 43.7 Å². The molecule has 0 radical (unpaired) electrons. The summed E-state index contributed by atoms with van der Waals surface area (Å²) in [7, 11) is 0. The fourth-order valence-corrected chi connectivity index (χ4v) is 2.43. The van der Waals surface area contributed by atoms with Crippen molar-refractivity contribution in [3.05, 3.63) is 29.8 Å². The van der Waals surface area contributed by atoms with Crippen molar-refractivity contribution in [3.63, 3.8) is 0 Å². The van der Waals surface area contributed by atoms with Gasteiger partial charge >= 0.3 is 5.97 Å². The second kappa shape index (κ2) is 5.87. The highest BCUT2D eigenvalue weighted by Crippen LogP contribution is 2.25. The van der Waals surface area contributed by atoms with Crippen LogP contribution in [-0.2, 0) is 0 Å². The first-order chi connectivity index (χ1) is 8.66. The van der Waals surface area contributed by atoms with Gasteiger partial charge in [-0.25, -0.2) is 4.79 Å². The Kier molecular flexibility index (Phi) is 4.20. The standard InChI is InChI=1S/C14H19NO3/c16-11-7-5-10(6-8-11)9-15-13-4-2-1-3-12(13)14(17)18/h1-4,10-11,15-16H,5-9H2,(H,17,18). The van der Waals surface area contributed by atoms with E-state index in [4.69, 9.17) is 5.11 Å². The van der Waals surface area contributed by atoms with E-state index in [1.54, 1.807) is 18.2 Å². The molecule has 1 aromatic rings. The molecule has 0 amide bonds. The minimum absolute atomic E-state index is 0.146. The summed E-state index contributed by atoms with van der Waals surface area (Å²) in [6, 6.07) is 6.96. The first-order valence-corrected chi connectivity index (χ1v) is 6.41. The van der Waals surface area contributed by atoms with E-state index in [2.05, 4.69) is 5.32 Å². The largest absolute Gasteiger partial charge is 0.478 e. The lowest BCUT2D eigenvalue weighted by Gasteiger charge is -2.26. The molecule has 0 spiro atoms. The Bertz CT molecular complexity index is 411.